The summed E-state index contributed by atoms with van der Waals surface area (Å²) in [5, 5.41) is 8.44. The molecule has 1 aromatic carbocycles. The van der Waals surface area contributed by atoms with E-state index in [1.54, 1.807) is 0 Å². The van der Waals surface area contributed by atoms with E-state index in [0.717, 1.165) is 12.1 Å². The number of hydrogen-bond acceptors (Lipinski definition) is 2. The molecule has 0 spiro atoms. The molecule has 0 aliphatic rings. The fraction of sp³-hybridized carbons (Fsp3) is 0.333. The third kappa shape index (κ3) is 2.39. The molecular formula is C9H10F2O2. The number of benzene rings is 1. The quantitative estimate of drug-likeness (QED) is 0.781. The van der Waals surface area contributed by atoms with Gasteiger partial charge in [0.2, 0.25) is 0 Å². The Hall–Kier alpha value is -1.16. The summed E-state index contributed by atoms with van der Waals surface area (Å²) in [4.78, 5) is 0. The second-order valence-corrected chi connectivity index (χ2v) is 2.58. The molecule has 0 atom stereocenters. The van der Waals surface area contributed by atoms with Gasteiger partial charge < -0.3 is 9.84 Å². The molecule has 0 aliphatic carbocycles. The Morgan fingerprint density at radius 3 is 2.69 bits per heavy atom. The van der Waals surface area contributed by atoms with Gasteiger partial charge in [-0.2, -0.15) is 0 Å². The molecule has 0 aromatic heterocycles. The monoisotopic (exact) mass is 188 g/mol. The van der Waals surface area contributed by atoms with Gasteiger partial charge in [0.05, 0.1) is 6.61 Å². The Morgan fingerprint density at radius 1 is 1.38 bits per heavy atom. The van der Waals surface area contributed by atoms with Crippen molar-refractivity contribution in [2.45, 2.75) is 6.92 Å². The number of aliphatic hydroxyl groups excluding tert-OH is 1. The Labute approximate surface area is 74.8 Å². The van der Waals surface area contributed by atoms with Crippen LogP contribution in [0.5, 0.6) is 5.75 Å². The lowest BCUT2D eigenvalue weighted by molar-refractivity contribution is 0.199. The topological polar surface area (TPSA) is 29.5 Å². The maximum absolute atomic E-state index is 12.9. The highest BCUT2D eigenvalue weighted by Crippen LogP contribution is 2.21. The van der Waals surface area contributed by atoms with Gasteiger partial charge in [-0.1, -0.05) is 0 Å². The summed E-state index contributed by atoms with van der Waals surface area (Å²) >= 11 is 0. The van der Waals surface area contributed by atoms with Gasteiger partial charge in [-0.15, -0.1) is 0 Å². The van der Waals surface area contributed by atoms with Crippen molar-refractivity contribution in [3.05, 3.63) is 29.3 Å². The molecule has 0 fully saturated rings. The van der Waals surface area contributed by atoms with E-state index in [1.807, 2.05) is 0 Å². The lowest BCUT2D eigenvalue weighted by Crippen LogP contribution is -2.04. The van der Waals surface area contributed by atoms with Gasteiger partial charge in [0.1, 0.15) is 24.0 Å². The van der Waals surface area contributed by atoms with E-state index in [2.05, 4.69) is 0 Å². The van der Waals surface area contributed by atoms with E-state index in [0.29, 0.717) is 0 Å². The zero-order chi connectivity index (χ0) is 9.84. The molecule has 0 saturated carbocycles. The lowest BCUT2D eigenvalue weighted by atomic mass is 10.2. The van der Waals surface area contributed by atoms with Crippen molar-refractivity contribution in [2.75, 3.05) is 13.2 Å². The van der Waals surface area contributed by atoms with Crippen LogP contribution in [0.15, 0.2) is 12.1 Å². The standard InChI is InChI=1S/C9H10F2O2/c1-6-8(11)4-7(10)5-9(6)13-3-2-12/h4-5,12H,2-3H2,1H3. The van der Waals surface area contributed by atoms with Gasteiger partial charge in [0, 0.05) is 17.7 Å². The van der Waals surface area contributed by atoms with Gasteiger partial charge in [0.15, 0.2) is 0 Å². The first-order chi connectivity index (χ1) is 6.15. The van der Waals surface area contributed by atoms with Crippen LogP contribution < -0.4 is 4.74 Å². The molecule has 1 aromatic rings. The maximum atomic E-state index is 12.9. The molecule has 0 radical (unpaired) electrons. The Kier molecular flexibility index (Phi) is 3.19. The molecule has 1 rings (SSSR count). The van der Waals surface area contributed by atoms with E-state index in [9.17, 15) is 8.78 Å². The van der Waals surface area contributed by atoms with Gasteiger partial charge in [0.25, 0.3) is 0 Å². The van der Waals surface area contributed by atoms with Crippen molar-refractivity contribution in [1.82, 2.24) is 0 Å². The molecule has 4 heteroatoms. The number of ether oxygens (including phenoxy) is 1. The molecular weight excluding hydrogens is 178 g/mol. The van der Waals surface area contributed by atoms with Crippen molar-refractivity contribution in [3.63, 3.8) is 0 Å². The van der Waals surface area contributed by atoms with Crippen LogP contribution in [0.25, 0.3) is 0 Å². The average Bonchev–Trinajstić information content (AvgIpc) is 2.09. The smallest absolute Gasteiger partial charge is 0.132 e. The molecule has 0 saturated heterocycles. The Balaban J connectivity index is 2.92. The third-order valence-electron chi connectivity index (χ3n) is 1.61. The molecule has 0 heterocycles. The minimum Gasteiger partial charge on any atom is -0.491 e. The summed E-state index contributed by atoms with van der Waals surface area (Å²) in [6.07, 6.45) is 0. The molecule has 0 bridgehead atoms. The van der Waals surface area contributed by atoms with Crippen LogP contribution >= 0.6 is 0 Å². The molecule has 0 aliphatic heterocycles. The first kappa shape index (κ1) is 9.92. The third-order valence-corrected chi connectivity index (χ3v) is 1.61. The average molecular weight is 188 g/mol. The molecule has 13 heavy (non-hydrogen) atoms. The fourth-order valence-corrected chi connectivity index (χ4v) is 0.928. The SMILES string of the molecule is Cc1c(F)cc(F)cc1OCCO. The van der Waals surface area contributed by atoms with Gasteiger partial charge in [-0.25, -0.2) is 8.78 Å². The van der Waals surface area contributed by atoms with E-state index in [1.165, 1.54) is 6.92 Å². The first-order valence-corrected chi connectivity index (χ1v) is 3.84. The zero-order valence-corrected chi connectivity index (χ0v) is 7.18. The normalized spacial score (nSPS) is 10.2. The number of halogens is 2. The van der Waals surface area contributed by atoms with Crippen LogP contribution in [0.4, 0.5) is 8.78 Å². The lowest BCUT2D eigenvalue weighted by Gasteiger charge is -2.08. The maximum Gasteiger partial charge on any atom is 0.132 e. The molecule has 1 N–H and O–H groups in total. The van der Waals surface area contributed by atoms with Crippen LogP contribution in [0, 0.1) is 18.6 Å². The van der Waals surface area contributed by atoms with Crippen LogP contribution in [0.3, 0.4) is 0 Å². The number of rotatable bonds is 3. The van der Waals surface area contributed by atoms with E-state index in [-0.39, 0.29) is 24.5 Å². The van der Waals surface area contributed by atoms with Crippen LogP contribution in [-0.4, -0.2) is 18.3 Å². The second-order valence-electron chi connectivity index (χ2n) is 2.58. The highest BCUT2D eigenvalue weighted by molar-refractivity contribution is 5.34. The summed E-state index contributed by atoms with van der Waals surface area (Å²) in [7, 11) is 0. The van der Waals surface area contributed by atoms with Gasteiger partial charge >= 0.3 is 0 Å². The van der Waals surface area contributed by atoms with Crippen molar-refractivity contribution in [1.29, 1.82) is 0 Å². The van der Waals surface area contributed by atoms with Crippen molar-refractivity contribution in [3.8, 4) is 5.75 Å². The minimum atomic E-state index is -0.684. The van der Waals surface area contributed by atoms with Crippen LogP contribution in [-0.2, 0) is 0 Å². The van der Waals surface area contributed by atoms with Crippen molar-refractivity contribution in [2.24, 2.45) is 0 Å². The van der Waals surface area contributed by atoms with Crippen LogP contribution in [0.2, 0.25) is 0 Å². The summed E-state index contributed by atoms with van der Waals surface area (Å²) in [6.45, 7) is 1.34. The first-order valence-electron chi connectivity index (χ1n) is 3.84. The van der Waals surface area contributed by atoms with Crippen LogP contribution in [0.1, 0.15) is 5.56 Å². The van der Waals surface area contributed by atoms with Crippen molar-refractivity contribution < 1.29 is 18.6 Å². The number of aliphatic hydroxyl groups is 1. The summed E-state index contributed by atoms with van der Waals surface area (Å²) in [5.41, 5.74) is 0.245. The summed E-state index contributed by atoms with van der Waals surface area (Å²) in [6, 6.07) is 1.88. The Bertz CT molecular complexity index is 300. The predicted molar refractivity (Wildman–Crippen MR) is 43.7 cm³/mol. The van der Waals surface area contributed by atoms with E-state index < -0.39 is 11.6 Å². The zero-order valence-electron chi connectivity index (χ0n) is 7.18. The van der Waals surface area contributed by atoms with Gasteiger partial charge in [-0.05, 0) is 6.92 Å². The van der Waals surface area contributed by atoms with E-state index >= 15 is 0 Å². The van der Waals surface area contributed by atoms with Crippen molar-refractivity contribution >= 4 is 0 Å². The Morgan fingerprint density at radius 2 is 2.08 bits per heavy atom. The fourth-order valence-electron chi connectivity index (χ4n) is 0.928. The molecule has 0 amide bonds. The molecule has 0 unspecified atom stereocenters. The predicted octanol–water partition coefficient (Wildman–Crippen LogP) is 1.64. The highest BCUT2D eigenvalue weighted by atomic mass is 19.1. The number of hydrogen-bond donors (Lipinski definition) is 1. The van der Waals surface area contributed by atoms with Gasteiger partial charge in [-0.3, -0.25) is 0 Å². The summed E-state index contributed by atoms with van der Waals surface area (Å²) < 4.78 is 30.5. The second kappa shape index (κ2) is 4.18. The summed E-state index contributed by atoms with van der Waals surface area (Å²) in [5.74, 6) is -1.20. The molecule has 2 nitrogen and oxygen atoms in total. The minimum absolute atomic E-state index is 0.0315. The highest BCUT2D eigenvalue weighted by Gasteiger charge is 2.07. The van der Waals surface area contributed by atoms with E-state index in [4.69, 9.17) is 9.84 Å². The largest absolute Gasteiger partial charge is 0.491 e. The molecule has 72 valence electrons.